The van der Waals surface area contributed by atoms with Crippen molar-refractivity contribution in [3.05, 3.63) is 155 Å². The Labute approximate surface area is 263 Å². The summed E-state index contributed by atoms with van der Waals surface area (Å²) >= 11 is 3.63. The summed E-state index contributed by atoms with van der Waals surface area (Å²) in [6.45, 7) is 2.29. The predicted molar refractivity (Wildman–Crippen MR) is 185 cm³/mol. The van der Waals surface area contributed by atoms with Crippen LogP contribution in [0.1, 0.15) is 13.3 Å². The number of rotatable bonds is 7. The number of thioether (sulfide) groups is 1. The Morgan fingerprint density at radius 2 is 1.26 bits per heavy atom. The third-order valence-corrected chi connectivity index (χ3v) is 12.1. The molecule has 0 spiro atoms. The van der Waals surface area contributed by atoms with Crippen molar-refractivity contribution in [1.29, 1.82) is 0 Å². The Morgan fingerprint density at radius 3 is 1.98 bits per heavy atom. The molecule has 1 aliphatic rings. The fourth-order valence-electron chi connectivity index (χ4n) is 5.34. The lowest BCUT2D eigenvalue weighted by Gasteiger charge is -2.16. The number of hydrogen-bond acceptors (Lipinski definition) is 3. The first-order chi connectivity index (χ1) is 21.1. The van der Waals surface area contributed by atoms with Crippen LogP contribution in [0.5, 0.6) is 0 Å². The zero-order chi connectivity index (χ0) is 29.2. The maximum Gasteiger partial charge on any atom is 0.197 e. The van der Waals surface area contributed by atoms with Crippen LogP contribution >= 0.6 is 23.5 Å². The normalized spacial score (nSPS) is 15.5. The van der Waals surface area contributed by atoms with Gasteiger partial charge in [0.05, 0.1) is 21.8 Å². The number of benzene rings is 5. The molecule has 0 saturated carbocycles. The van der Waals surface area contributed by atoms with Crippen LogP contribution in [-0.4, -0.2) is 4.98 Å². The molecule has 0 bridgehead atoms. The molecular weight excluding hydrogens is 583 g/mol. The van der Waals surface area contributed by atoms with Crippen LogP contribution in [0.4, 0.5) is 0 Å². The summed E-state index contributed by atoms with van der Waals surface area (Å²) in [4.78, 5) is 25.7. The molecule has 2 nitrogen and oxygen atoms in total. The van der Waals surface area contributed by atoms with Crippen LogP contribution < -0.4 is 5.43 Å². The fraction of sp³-hybridized carbons (Fsp3) is 0.0789. The number of pyridine rings is 1. The van der Waals surface area contributed by atoms with E-state index in [9.17, 15) is 4.79 Å². The first kappa shape index (κ1) is 27.9. The molecular formula is C38H30NOS3+. The molecule has 1 heterocycles. The van der Waals surface area contributed by atoms with Crippen molar-refractivity contribution in [2.75, 3.05) is 0 Å². The SMILES string of the molecule is CC1CC=CC=C1Sc1ccc([S+](c2ccc(Sc3ccccc3)cc2)c2ccc3[nH]c4ccccc4c(=O)c3c2)cc1. The predicted octanol–water partition coefficient (Wildman–Crippen LogP) is 10.5. The monoisotopic (exact) mass is 612 g/mol. The molecule has 5 heteroatoms. The van der Waals surface area contributed by atoms with Crippen LogP contribution in [0.2, 0.25) is 0 Å². The van der Waals surface area contributed by atoms with Crippen LogP contribution in [0.3, 0.4) is 0 Å². The molecule has 2 atom stereocenters. The standard InChI is InChI=1S/C38H29NOS3/c1-26-9-5-8-14-37(26)42-29-17-21-31(22-18-29)43(30-19-15-28(16-20-30)41-27-10-3-2-4-11-27)32-23-24-36-34(25-32)38(40)33-12-6-7-13-35(33)39-36/h2-8,10-26H,9H2,1H3/p+1. The second-order valence-corrected chi connectivity index (χ2v) is 14.9. The maximum atomic E-state index is 13.6. The Kier molecular flexibility index (Phi) is 8.03. The molecule has 0 aliphatic heterocycles. The fourth-order valence-corrected chi connectivity index (χ4v) is 9.24. The smallest absolute Gasteiger partial charge is 0.197 e. The highest BCUT2D eigenvalue weighted by atomic mass is 32.2. The van der Waals surface area contributed by atoms with E-state index in [4.69, 9.17) is 0 Å². The highest BCUT2D eigenvalue weighted by Gasteiger charge is 2.30. The molecule has 1 aliphatic carbocycles. The quantitative estimate of drug-likeness (QED) is 0.144. The van der Waals surface area contributed by atoms with Gasteiger partial charge in [-0.2, -0.15) is 0 Å². The molecule has 43 heavy (non-hydrogen) atoms. The van der Waals surface area contributed by atoms with Gasteiger partial charge in [0.2, 0.25) is 0 Å². The van der Waals surface area contributed by atoms with E-state index in [0.29, 0.717) is 5.92 Å². The van der Waals surface area contributed by atoms with E-state index in [0.717, 1.165) is 33.1 Å². The summed E-state index contributed by atoms with van der Waals surface area (Å²) < 4.78 is 0. The van der Waals surface area contributed by atoms with E-state index in [1.807, 2.05) is 42.1 Å². The summed E-state index contributed by atoms with van der Waals surface area (Å²) in [5, 5.41) is 1.44. The van der Waals surface area contributed by atoms with Crippen molar-refractivity contribution in [3.63, 3.8) is 0 Å². The van der Waals surface area contributed by atoms with E-state index >= 15 is 0 Å². The van der Waals surface area contributed by atoms with Gasteiger partial charge < -0.3 is 4.98 Å². The van der Waals surface area contributed by atoms with E-state index < -0.39 is 0 Å². The zero-order valence-electron chi connectivity index (χ0n) is 23.7. The molecule has 1 N–H and O–H groups in total. The van der Waals surface area contributed by atoms with Crippen LogP contribution in [0, 0.1) is 5.92 Å². The van der Waals surface area contributed by atoms with Gasteiger partial charge in [-0.05, 0) is 102 Å². The maximum absolute atomic E-state index is 13.6. The van der Waals surface area contributed by atoms with Crippen molar-refractivity contribution in [2.24, 2.45) is 5.92 Å². The van der Waals surface area contributed by atoms with Crippen molar-refractivity contribution >= 4 is 56.2 Å². The summed E-state index contributed by atoms with van der Waals surface area (Å²) in [7, 11) is -0.386. The number of para-hydroxylation sites is 1. The Balaban J connectivity index is 1.28. The average molecular weight is 613 g/mol. The summed E-state index contributed by atoms with van der Waals surface area (Å²) in [5.74, 6) is 0.545. The average Bonchev–Trinajstić information content (AvgIpc) is 3.05. The molecule has 210 valence electrons. The van der Waals surface area contributed by atoms with Gasteiger partial charge in [0.15, 0.2) is 20.1 Å². The third kappa shape index (κ3) is 5.98. The summed E-state index contributed by atoms with van der Waals surface area (Å²) in [6, 6.07) is 42.5. The van der Waals surface area contributed by atoms with Crippen LogP contribution in [0.15, 0.2) is 179 Å². The van der Waals surface area contributed by atoms with Gasteiger partial charge >= 0.3 is 0 Å². The summed E-state index contributed by atoms with van der Waals surface area (Å²) in [5.41, 5.74) is 1.80. The zero-order valence-corrected chi connectivity index (χ0v) is 26.1. The van der Waals surface area contributed by atoms with E-state index in [1.54, 1.807) is 11.8 Å². The highest BCUT2D eigenvalue weighted by Crippen LogP contribution is 2.38. The first-order valence-corrected chi connectivity index (χ1v) is 17.2. The molecule has 0 amide bonds. The number of aromatic amines is 1. The van der Waals surface area contributed by atoms with Crippen molar-refractivity contribution in [1.82, 2.24) is 4.98 Å². The largest absolute Gasteiger partial charge is 0.354 e. The topological polar surface area (TPSA) is 32.9 Å². The van der Waals surface area contributed by atoms with E-state index in [-0.39, 0.29) is 16.3 Å². The van der Waals surface area contributed by atoms with Gasteiger partial charge in [-0.15, -0.1) is 0 Å². The number of hydrogen-bond donors (Lipinski definition) is 1. The molecule has 1 aromatic heterocycles. The number of nitrogens with one attached hydrogen (secondary N) is 1. The molecule has 0 saturated heterocycles. The minimum absolute atomic E-state index is 0.0695. The number of allylic oxidation sites excluding steroid dienone is 4. The molecule has 0 radical (unpaired) electrons. The Hall–Kier alpha value is -3.90. The molecule has 0 fully saturated rings. The van der Waals surface area contributed by atoms with Crippen LogP contribution in [-0.2, 0) is 10.9 Å². The second-order valence-electron chi connectivity index (χ2n) is 10.6. The number of aromatic nitrogens is 1. The molecule has 5 aromatic carbocycles. The Bertz CT molecular complexity index is 2030. The van der Waals surface area contributed by atoms with Gasteiger partial charge in [0, 0.05) is 31.7 Å². The first-order valence-electron chi connectivity index (χ1n) is 14.4. The van der Waals surface area contributed by atoms with E-state index in [2.05, 4.69) is 121 Å². The lowest BCUT2D eigenvalue weighted by molar-refractivity contribution is 0.724. The van der Waals surface area contributed by atoms with Crippen molar-refractivity contribution in [3.8, 4) is 0 Å². The lowest BCUT2D eigenvalue weighted by Crippen LogP contribution is -2.08. The van der Waals surface area contributed by atoms with E-state index in [1.165, 1.54) is 29.4 Å². The minimum Gasteiger partial charge on any atom is -0.354 e. The van der Waals surface area contributed by atoms with Gasteiger partial charge in [-0.3, -0.25) is 4.79 Å². The van der Waals surface area contributed by atoms with Gasteiger partial charge in [0.1, 0.15) is 0 Å². The third-order valence-electron chi connectivity index (χ3n) is 7.62. The van der Waals surface area contributed by atoms with Crippen molar-refractivity contribution in [2.45, 2.75) is 42.7 Å². The minimum atomic E-state index is -0.386. The number of H-pyrrole nitrogens is 1. The second kappa shape index (κ2) is 12.4. The van der Waals surface area contributed by atoms with Gasteiger partial charge in [0.25, 0.3) is 0 Å². The van der Waals surface area contributed by atoms with Gasteiger partial charge in [-0.1, -0.05) is 79.0 Å². The van der Waals surface area contributed by atoms with Crippen LogP contribution in [0.25, 0.3) is 21.8 Å². The van der Waals surface area contributed by atoms with Crippen molar-refractivity contribution < 1.29 is 0 Å². The molecule has 7 rings (SSSR count). The molecule has 2 unspecified atom stereocenters. The van der Waals surface area contributed by atoms with Gasteiger partial charge in [-0.25, -0.2) is 0 Å². The molecule has 6 aromatic rings. The lowest BCUT2D eigenvalue weighted by atomic mass is 10.0. The summed E-state index contributed by atoms with van der Waals surface area (Å²) in [6.07, 6.45) is 7.74. The Morgan fingerprint density at radius 1 is 0.651 bits per heavy atom. The highest BCUT2D eigenvalue weighted by molar-refractivity contribution is 8.03. The number of fused-ring (bicyclic) bond motifs is 2.